The minimum atomic E-state index is -0.999. The molecule has 1 amide bonds. The van der Waals surface area contributed by atoms with Crippen LogP contribution in [0.2, 0.25) is 0 Å². The number of rotatable bonds is 9. The van der Waals surface area contributed by atoms with Crippen LogP contribution in [0.5, 0.6) is 0 Å². The monoisotopic (exact) mass is 437 g/mol. The maximum Gasteiger partial charge on any atom is 0.229 e. The Hall–Kier alpha value is -3.65. The summed E-state index contributed by atoms with van der Waals surface area (Å²) in [5.41, 5.74) is 13.7. The highest BCUT2D eigenvalue weighted by Gasteiger charge is 2.28. The normalized spacial score (nSPS) is 12.1. The topological polar surface area (TPSA) is 107 Å². The Balaban J connectivity index is 2.02. The van der Waals surface area contributed by atoms with Crippen LogP contribution in [0.25, 0.3) is 6.08 Å². The Morgan fingerprint density at radius 2 is 2.00 bits per heavy atom. The van der Waals surface area contributed by atoms with Gasteiger partial charge in [-0.15, -0.1) is 0 Å². The predicted octanol–water partition coefficient (Wildman–Crippen LogP) is 3.52. The van der Waals surface area contributed by atoms with E-state index in [0.717, 1.165) is 5.56 Å². The van der Waals surface area contributed by atoms with E-state index in [-0.39, 0.29) is 23.6 Å². The summed E-state index contributed by atoms with van der Waals surface area (Å²) in [6.07, 6.45) is 5.26. The molecular weight excluding hydrogens is 412 g/mol. The molecule has 2 heterocycles. The van der Waals surface area contributed by atoms with E-state index in [2.05, 4.69) is 15.3 Å². The highest BCUT2D eigenvalue weighted by molar-refractivity contribution is 5.87. The highest BCUT2D eigenvalue weighted by Crippen LogP contribution is 2.32. The van der Waals surface area contributed by atoms with Crippen molar-refractivity contribution in [2.45, 2.75) is 25.8 Å². The van der Waals surface area contributed by atoms with Crippen LogP contribution in [0.15, 0.2) is 54.7 Å². The molecule has 0 fully saturated rings. The number of carbonyl (C=O) groups is 1. The van der Waals surface area contributed by atoms with E-state index < -0.39 is 17.6 Å². The lowest BCUT2D eigenvalue weighted by atomic mass is 9.89. The number of nitrogens with one attached hydrogen (secondary N) is 1. The number of amides is 1. The van der Waals surface area contributed by atoms with Crippen molar-refractivity contribution in [2.75, 3.05) is 11.9 Å². The summed E-state index contributed by atoms with van der Waals surface area (Å²) in [6, 6.07) is 10.9. The molecule has 1 atom stereocenters. The molecule has 3 rings (SSSR count). The van der Waals surface area contributed by atoms with Gasteiger partial charge in [-0.2, -0.15) is 0 Å². The van der Waals surface area contributed by atoms with Crippen molar-refractivity contribution in [2.24, 2.45) is 11.5 Å². The molecule has 166 valence electrons. The zero-order valence-electron chi connectivity index (χ0n) is 17.7. The minimum Gasteiger partial charge on any atom is -0.369 e. The summed E-state index contributed by atoms with van der Waals surface area (Å²) in [5.74, 6) is -2.27. The predicted molar refractivity (Wildman–Crippen MR) is 121 cm³/mol. The van der Waals surface area contributed by atoms with Gasteiger partial charge < -0.3 is 16.8 Å². The number of hydrogen-bond acceptors (Lipinski definition) is 5. The zero-order valence-corrected chi connectivity index (χ0v) is 17.7. The number of pyridine rings is 2. The van der Waals surface area contributed by atoms with Gasteiger partial charge in [0.1, 0.15) is 23.1 Å². The third-order valence-electron chi connectivity index (χ3n) is 4.98. The van der Waals surface area contributed by atoms with Crippen molar-refractivity contribution in [1.29, 1.82) is 0 Å². The second-order valence-electron chi connectivity index (χ2n) is 7.18. The van der Waals surface area contributed by atoms with Gasteiger partial charge in [-0.05, 0) is 54.8 Å². The molecule has 6 nitrogen and oxygen atoms in total. The lowest BCUT2D eigenvalue weighted by Gasteiger charge is -2.21. The number of nitrogens with zero attached hydrogens (tertiary/aromatic N) is 2. The van der Waals surface area contributed by atoms with E-state index in [0.29, 0.717) is 30.0 Å². The number of benzene rings is 1. The van der Waals surface area contributed by atoms with Crippen LogP contribution in [0.1, 0.15) is 40.9 Å². The maximum absolute atomic E-state index is 14.8. The molecule has 3 aromatic rings. The van der Waals surface area contributed by atoms with E-state index >= 15 is 0 Å². The molecule has 0 saturated heterocycles. The van der Waals surface area contributed by atoms with E-state index in [1.165, 1.54) is 24.3 Å². The smallest absolute Gasteiger partial charge is 0.229 e. The van der Waals surface area contributed by atoms with Crippen LogP contribution in [-0.2, 0) is 17.8 Å². The third-order valence-corrected chi connectivity index (χ3v) is 4.98. The molecule has 0 radical (unpaired) electrons. The summed E-state index contributed by atoms with van der Waals surface area (Å²) >= 11 is 0. The van der Waals surface area contributed by atoms with Crippen molar-refractivity contribution < 1.29 is 13.6 Å². The van der Waals surface area contributed by atoms with Gasteiger partial charge in [0.05, 0.1) is 11.6 Å². The molecule has 32 heavy (non-hydrogen) atoms. The zero-order chi connectivity index (χ0) is 23.1. The molecule has 2 aromatic heterocycles. The molecule has 0 aliphatic heterocycles. The summed E-state index contributed by atoms with van der Waals surface area (Å²) in [4.78, 5) is 21.1. The van der Waals surface area contributed by atoms with Crippen LogP contribution < -0.4 is 16.8 Å². The number of hydrogen-bond donors (Lipinski definition) is 3. The van der Waals surface area contributed by atoms with Crippen LogP contribution >= 0.6 is 0 Å². The summed E-state index contributed by atoms with van der Waals surface area (Å²) in [7, 11) is 0. The number of carbonyl (C=O) groups excluding carboxylic acids is 1. The average Bonchev–Trinajstić information content (AvgIpc) is 2.77. The second kappa shape index (κ2) is 10.6. The average molecular weight is 437 g/mol. The Bertz CT molecular complexity index is 1130. The molecule has 5 N–H and O–H groups in total. The van der Waals surface area contributed by atoms with Gasteiger partial charge in [-0.3, -0.25) is 9.78 Å². The lowest BCUT2D eigenvalue weighted by molar-refractivity contribution is -0.118. The maximum atomic E-state index is 14.8. The fraction of sp³-hybridized carbons (Fsp3) is 0.208. The molecule has 1 unspecified atom stereocenters. The van der Waals surface area contributed by atoms with E-state index in [4.69, 9.17) is 11.5 Å². The molecule has 0 spiro atoms. The lowest BCUT2D eigenvalue weighted by Crippen LogP contribution is -2.26. The van der Waals surface area contributed by atoms with Gasteiger partial charge in [0.25, 0.3) is 0 Å². The molecule has 8 heteroatoms. The van der Waals surface area contributed by atoms with Crippen LogP contribution in [0, 0.1) is 11.6 Å². The molecule has 0 aliphatic carbocycles. The van der Waals surface area contributed by atoms with Gasteiger partial charge >= 0.3 is 0 Å². The first-order valence-corrected chi connectivity index (χ1v) is 10.2. The van der Waals surface area contributed by atoms with Crippen molar-refractivity contribution in [3.63, 3.8) is 0 Å². The van der Waals surface area contributed by atoms with Crippen LogP contribution in [-0.4, -0.2) is 22.4 Å². The fourth-order valence-corrected chi connectivity index (χ4v) is 3.53. The summed E-state index contributed by atoms with van der Waals surface area (Å²) in [5, 5.41) is 3.16. The first kappa shape index (κ1) is 23.0. The first-order chi connectivity index (χ1) is 15.4. The number of allylic oxidation sites excluding steroid dienone is 1. The van der Waals surface area contributed by atoms with E-state index in [1.54, 1.807) is 37.4 Å². The standard InChI is InChI=1S/C24H25F2N5O/c1-2-5-20-19(26)13-18(22(23(28)32)17-8-4-10-29-21(17)14-27)24(31-20)30-11-9-15-6-3-7-16(25)12-15/h2-8,10,12-13,22H,9,11,14,27H2,1H3,(H2,28,32)(H,30,31). The minimum absolute atomic E-state index is 0.0921. The first-order valence-electron chi connectivity index (χ1n) is 10.2. The van der Waals surface area contributed by atoms with Crippen LogP contribution in [0.4, 0.5) is 14.6 Å². The van der Waals surface area contributed by atoms with E-state index in [1.807, 2.05) is 6.07 Å². The van der Waals surface area contributed by atoms with Gasteiger partial charge in [0, 0.05) is 24.8 Å². The Morgan fingerprint density at radius 1 is 1.19 bits per heavy atom. The number of nitrogens with two attached hydrogens (primary N) is 2. The van der Waals surface area contributed by atoms with Crippen molar-refractivity contribution >= 4 is 17.8 Å². The largest absolute Gasteiger partial charge is 0.369 e. The number of halogens is 2. The van der Waals surface area contributed by atoms with Gasteiger partial charge in [-0.25, -0.2) is 13.8 Å². The van der Waals surface area contributed by atoms with Gasteiger partial charge in [0.15, 0.2) is 0 Å². The summed E-state index contributed by atoms with van der Waals surface area (Å²) < 4.78 is 28.3. The quantitative estimate of drug-likeness (QED) is 0.475. The molecule has 0 bridgehead atoms. The number of aromatic nitrogens is 2. The van der Waals surface area contributed by atoms with Crippen molar-refractivity contribution in [1.82, 2.24) is 9.97 Å². The second-order valence-corrected chi connectivity index (χ2v) is 7.18. The Morgan fingerprint density at radius 3 is 2.69 bits per heavy atom. The van der Waals surface area contributed by atoms with Crippen molar-refractivity contribution in [3.8, 4) is 0 Å². The highest BCUT2D eigenvalue weighted by atomic mass is 19.1. The van der Waals surface area contributed by atoms with Gasteiger partial charge in [-0.1, -0.05) is 24.3 Å². The fourth-order valence-electron chi connectivity index (χ4n) is 3.53. The SMILES string of the molecule is CC=Cc1nc(NCCc2cccc(F)c2)c(C(C(N)=O)c2cccnc2CN)cc1F. The number of primary amides is 1. The Kier molecular flexibility index (Phi) is 7.62. The molecule has 0 aliphatic rings. The van der Waals surface area contributed by atoms with Crippen molar-refractivity contribution in [3.05, 3.63) is 94.5 Å². The summed E-state index contributed by atoms with van der Waals surface area (Å²) in [6.45, 7) is 2.23. The van der Waals surface area contributed by atoms with E-state index in [9.17, 15) is 13.6 Å². The van der Waals surface area contributed by atoms with Gasteiger partial charge in [0.2, 0.25) is 5.91 Å². The molecular formula is C24H25F2N5O. The molecule has 0 saturated carbocycles. The third kappa shape index (κ3) is 5.33. The Labute approximate surface area is 185 Å². The molecule has 1 aromatic carbocycles. The van der Waals surface area contributed by atoms with Crippen LogP contribution in [0.3, 0.4) is 0 Å². The number of anilines is 1.